The van der Waals surface area contributed by atoms with E-state index in [0.717, 1.165) is 5.56 Å². The highest BCUT2D eigenvalue weighted by Crippen LogP contribution is 2.20. The number of hydrogen-bond acceptors (Lipinski definition) is 5. The highest BCUT2D eigenvalue weighted by atomic mass is 35.5. The number of nitrogens with one attached hydrogen (secondary N) is 2. The van der Waals surface area contributed by atoms with Crippen molar-refractivity contribution in [3.63, 3.8) is 0 Å². The number of sulfonamides is 1. The summed E-state index contributed by atoms with van der Waals surface area (Å²) in [5.41, 5.74) is 4.80. The van der Waals surface area contributed by atoms with Gasteiger partial charge in [0.05, 0.1) is 16.8 Å². The van der Waals surface area contributed by atoms with Crippen LogP contribution in [0.4, 0.5) is 11.4 Å². The first-order chi connectivity index (χ1) is 12.9. The largest absolute Gasteiger partial charge is 0.508 e. The smallest absolute Gasteiger partial charge is 0.261 e. The van der Waals surface area contributed by atoms with Gasteiger partial charge in [-0.25, -0.2) is 8.42 Å². The molecule has 0 aliphatic carbocycles. The van der Waals surface area contributed by atoms with Crippen LogP contribution in [0.25, 0.3) is 0 Å². The van der Waals surface area contributed by atoms with Crippen LogP contribution in [0.3, 0.4) is 0 Å². The molecular weight excluding hydrogens is 386 g/mol. The maximum atomic E-state index is 12.3. The van der Waals surface area contributed by atoms with Crippen LogP contribution < -0.4 is 10.1 Å². The van der Waals surface area contributed by atoms with Gasteiger partial charge in [-0.3, -0.25) is 10.1 Å². The summed E-state index contributed by atoms with van der Waals surface area (Å²) in [6.07, 6.45) is 1.61. The summed E-state index contributed by atoms with van der Waals surface area (Å²) < 4.78 is 27.2. The van der Waals surface area contributed by atoms with Crippen LogP contribution in [-0.2, 0) is 10.0 Å². The quantitative estimate of drug-likeness (QED) is 0.424. The van der Waals surface area contributed by atoms with E-state index in [4.69, 9.17) is 11.6 Å². The molecule has 8 heteroatoms. The Morgan fingerprint density at radius 3 is 2.07 bits per heavy atom. The Bertz CT molecular complexity index is 1030. The van der Waals surface area contributed by atoms with Crippen LogP contribution >= 0.6 is 11.6 Å². The molecule has 0 fully saturated rings. The van der Waals surface area contributed by atoms with E-state index in [1.165, 1.54) is 24.3 Å². The van der Waals surface area contributed by atoms with E-state index in [1.807, 2.05) is 0 Å². The van der Waals surface area contributed by atoms with E-state index in [-0.39, 0.29) is 10.6 Å². The van der Waals surface area contributed by atoms with Crippen LogP contribution in [0.5, 0.6) is 5.75 Å². The number of phenolic OH excluding ortho intramolecular Hbond substituents is 1. The molecule has 0 aromatic heterocycles. The Morgan fingerprint density at radius 2 is 1.44 bits per heavy atom. The Morgan fingerprint density at radius 1 is 0.852 bits per heavy atom. The molecule has 0 radical (unpaired) electrons. The SMILES string of the molecule is O=S(=O)(Nc1ccc(N/N=C/c2ccc(O)cc2)cc1)c1ccc(Cl)cc1. The zero-order valence-electron chi connectivity index (χ0n) is 14.0. The predicted molar refractivity (Wildman–Crippen MR) is 108 cm³/mol. The predicted octanol–water partition coefficient (Wildman–Crippen LogP) is 4.29. The second kappa shape index (κ2) is 8.11. The fourth-order valence-electron chi connectivity index (χ4n) is 2.18. The number of aromatic hydroxyl groups is 1. The number of nitrogens with zero attached hydrogens (tertiary/aromatic N) is 1. The maximum absolute atomic E-state index is 12.3. The van der Waals surface area contributed by atoms with E-state index in [0.29, 0.717) is 16.4 Å². The second-order valence-corrected chi connectivity index (χ2v) is 7.72. The van der Waals surface area contributed by atoms with Gasteiger partial charge in [0.25, 0.3) is 10.0 Å². The van der Waals surface area contributed by atoms with E-state index in [1.54, 1.807) is 54.7 Å². The fourth-order valence-corrected chi connectivity index (χ4v) is 3.37. The maximum Gasteiger partial charge on any atom is 0.261 e. The molecule has 0 aliphatic rings. The van der Waals surface area contributed by atoms with Crippen LogP contribution in [0, 0.1) is 0 Å². The monoisotopic (exact) mass is 401 g/mol. The highest BCUT2D eigenvalue weighted by Gasteiger charge is 2.13. The third-order valence-corrected chi connectivity index (χ3v) is 5.21. The van der Waals surface area contributed by atoms with Crippen molar-refractivity contribution in [1.29, 1.82) is 0 Å². The molecular formula is C19H16ClN3O3S. The third kappa shape index (κ3) is 5.22. The van der Waals surface area contributed by atoms with Gasteiger partial charge in [0.15, 0.2) is 0 Å². The molecule has 3 aromatic rings. The first-order valence-electron chi connectivity index (χ1n) is 7.89. The molecule has 6 nitrogen and oxygen atoms in total. The van der Waals surface area contributed by atoms with Crippen molar-refractivity contribution in [2.75, 3.05) is 10.1 Å². The van der Waals surface area contributed by atoms with Gasteiger partial charge in [0.1, 0.15) is 5.75 Å². The van der Waals surface area contributed by atoms with Crippen LogP contribution in [0.15, 0.2) is 82.8 Å². The van der Waals surface area contributed by atoms with Crippen molar-refractivity contribution < 1.29 is 13.5 Å². The van der Waals surface area contributed by atoms with Crippen LogP contribution in [-0.4, -0.2) is 19.7 Å². The second-order valence-electron chi connectivity index (χ2n) is 5.60. The van der Waals surface area contributed by atoms with Crippen LogP contribution in [0.2, 0.25) is 5.02 Å². The lowest BCUT2D eigenvalue weighted by atomic mass is 10.2. The molecule has 138 valence electrons. The zero-order chi connectivity index (χ0) is 19.3. The van der Waals surface area contributed by atoms with E-state index in [9.17, 15) is 13.5 Å². The van der Waals surface area contributed by atoms with Gasteiger partial charge in [0.2, 0.25) is 0 Å². The topological polar surface area (TPSA) is 90.8 Å². The molecule has 0 bridgehead atoms. The Labute approximate surface area is 162 Å². The van der Waals surface area contributed by atoms with Crippen molar-refractivity contribution in [1.82, 2.24) is 0 Å². The molecule has 0 amide bonds. The van der Waals surface area contributed by atoms with E-state index < -0.39 is 10.0 Å². The van der Waals surface area contributed by atoms with Crippen molar-refractivity contribution in [3.8, 4) is 5.75 Å². The van der Waals surface area contributed by atoms with Gasteiger partial charge in [-0.05, 0) is 78.4 Å². The minimum absolute atomic E-state index is 0.132. The number of hydrazone groups is 1. The lowest BCUT2D eigenvalue weighted by Gasteiger charge is -2.09. The summed E-state index contributed by atoms with van der Waals surface area (Å²) >= 11 is 5.78. The molecule has 0 unspecified atom stereocenters. The average Bonchev–Trinajstić information content (AvgIpc) is 2.65. The summed E-state index contributed by atoms with van der Waals surface area (Å²) in [7, 11) is -3.68. The summed E-state index contributed by atoms with van der Waals surface area (Å²) in [6, 6.07) is 19.2. The number of rotatable bonds is 6. The summed E-state index contributed by atoms with van der Waals surface area (Å²) in [4.78, 5) is 0.132. The number of halogens is 1. The summed E-state index contributed by atoms with van der Waals surface area (Å²) in [5, 5.41) is 13.8. The Kier molecular flexibility index (Phi) is 5.63. The van der Waals surface area contributed by atoms with Crippen molar-refractivity contribution in [2.45, 2.75) is 4.90 Å². The molecule has 3 N–H and O–H groups in total. The van der Waals surface area contributed by atoms with Crippen molar-refractivity contribution in [3.05, 3.63) is 83.4 Å². The lowest BCUT2D eigenvalue weighted by Crippen LogP contribution is -2.12. The summed E-state index contributed by atoms with van der Waals surface area (Å²) in [5.74, 6) is 0.191. The first kappa shape index (κ1) is 18.8. The molecule has 3 aromatic carbocycles. The molecule has 0 aliphatic heterocycles. The number of hydrogen-bond donors (Lipinski definition) is 3. The van der Waals surface area contributed by atoms with E-state index in [2.05, 4.69) is 15.2 Å². The Balaban J connectivity index is 1.63. The zero-order valence-corrected chi connectivity index (χ0v) is 15.6. The molecule has 0 saturated carbocycles. The summed E-state index contributed by atoms with van der Waals surface area (Å²) in [6.45, 7) is 0. The normalized spacial score (nSPS) is 11.4. The standard InChI is InChI=1S/C19H16ClN3O3S/c20-15-3-11-19(12-4-15)27(25,26)23-17-7-5-16(6-8-17)22-21-13-14-1-9-18(24)10-2-14/h1-13,22-24H/b21-13+. The van der Waals surface area contributed by atoms with Gasteiger partial charge in [0, 0.05) is 10.7 Å². The van der Waals surface area contributed by atoms with E-state index >= 15 is 0 Å². The molecule has 27 heavy (non-hydrogen) atoms. The molecule has 0 heterocycles. The van der Waals surface area contributed by atoms with Crippen LogP contribution in [0.1, 0.15) is 5.56 Å². The van der Waals surface area contributed by atoms with Gasteiger partial charge in [-0.15, -0.1) is 0 Å². The highest BCUT2D eigenvalue weighted by molar-refractivity contribution is 7.92. The number of phenols is 1. The Hall–Kier alpha value is -3.03. The fraction of sp³-hybridized carbons (Fsp3) is 0. The van der Waals surface area contributed by atoms with Gasteiger partial charge in [-0.2, -0.15) is 5.10 Å². The van der Waals surface area contributed by atoms with Gasteiger partial charge >= 0.3 is 0 Å². The van der Waals surface area contributed by atoms with Gasteiger partial charge in [-0.1, -0.05) is 11.6 Å². The molecule has 0 saturated heterocycles. The van der Waals surface area contributed by atoms with Crippen molar-refractivity contribution in [2.24, 2.45) is 5.10 Å². The van der Waals surface area contributed by atoms with Gasteiger partial charge < -0.3 is 5.11 Å². The number of benzene rings is 3. The minimum atomic E-state index is -3.68. The van der Waals surface area contributed by atoms with Crippen molar-refractivity contribution >= 4 is 39.2 Å². The first-order valence-corrected chi connectivity index (χ1v) is 9.75. The minimum Gasteiger partial charge on any atom is -0.508 e. The third-order valence-electron chi connectivity index (χ3n) is 3.56. The molecule has 0 spiro atoms. The lowest BCUT2D eigenvalue weighted by molar-refractivity contribution is 0.475. The molecule has 0 atom stereocenters. The molecule has 3 rings (SSSR count). The average molecular weight is 402 g/mol. The number of anilines is 2.